The van der Waals surface area contributed by atoms with E-state index in [1.54, 1.807) is 18.2 Å². The predicted octanol–water partition coefficient (Wildman–Crippen LogP) is 2.19. The zero-order valence-corrected chi connectivity index (χ0v) is 11.8. The highest BCUT2D eigenvalue weighted by molar-refractivity contribution is 6.08. The lowest BCUT2D eigenvalue weighted by molar-refractivity contribution is -0.118. The molecule has 0 bridgehead atoms. The van der Waals surface area contributed by atoms with Gasteiger partial charge in [0.25, 0.3) is 0 Å². The second-order valence-corrected chi connectivity index (χ2v) is 4.28. The van der Waals surface area contributed by atoms with Crippen LogP contribution in [0.1, 0.15) is 26.7 Å². The van der Waals surface area contributed by atoms with Crippen LogP contribution in [-0.2, 0) is 4.79 Å². The number of amides is 1. The van der Waals surface area contributed by atoms with Crippen LogP contribution < -0.4 is 15.8 Å². The third-order valence-corrected chi connectivity index (χ3v) is 2.81. The molecular weight excluding hydrogens is 258 g/mol. The van der Waals surface area contributed by atoms with Gasteiger partial charge < -0.3 is 21.0 Å². The van der Waals surface area contributed by atoms with Gasteiger partial charge in [0.2, 0.25) is 5.91 Å². The van der Waals surface area contributed by atoms with Crippen LogP contribution in [0.4, 0.5) is 5.69 Å². The van der Waals surface area contributed by atoms with Crippen LogP contribution in [0.15, 0.2) is 29.4 Å². The molecule has 1 aromatic carbocycles. The Morgan fingerprint density at radius 3 is 2.75 bits per heavy atom. The molecule has 0 radical (unpaired) electrons. The quantitative estimate of drug-likeness (QED) is 0.308. The lowest BCUT2D eigenvalue weighted by Gasteiger charge is -2.16. The van der Waals surface area contributed by atoms with Crippen molar-refractivity contribution in [2.24, 2.45) is 16.8 Å². The standard InChI is InChI=1S/C14H21N3O3/c1-3-7-10(13(15)17-19)14(18)16-11-8-5-6-9-12(11)20-4-2/h5-6,8-10,19H,3-4,7H2,1-2H3,(H2,15,17)(H,16,18). The van der Waals surface area contributed by atoms with Gasteiger partial charge in [-0.05, 0) is 25.5 Å². The van der Waals surface area contributed by atoms with Crippen LogP contribution >= 0.6 is 0 Å². The molecule has 1 rings (SSSR count). The molecule has 1 amide bonds. The molecular formula is C14H21N3O3. The summed E-state index contributed by atoms with van der Waals surface area (Å²) in [6, 6.07) is 7.15. The number of anilines is 1. The molecule has 0 saturated heterocycles. The van der Waals surface area contributed by atoms with Gasteiger partial charge in [-0.1, -0.05) is 30.6 Å². The molecule has 0 aliphatic carbocycles. The minimum atomic E-state index is -0.653. The number of nitrogens with zero attached hydrogens (tertiary/aromatic N) is 1. The number of nitrogens with one attached hydrogen (secondary N) is 1. The molecule has 6 nitrogen and oxygen atoms in total. The van der Waals surface area contributed by atoms with E-state index in [2.05, 4.69) is 10.5 Å². The van der Waals surface area contributed by atoms with Crippen molar-refractivity contribution in [2.45, 2.75) is 26.7 Å². The Kier molecular flexibility index (Phi) is 6.36. The maximum atomic E-state index is 12.2. The van der Waals surface area contributed by atoms with Crippen molar-refractivity contribution in [3.63, 3.8) is 0 Å². The normalized spacial score (nSPS) is 12.8. The van der Waals surface area contributed by atoms with Crippen molar-refractivity contribution in [3.8, 4) is 5.75 Å². The number of carbonyl (C=O) groups excluding carboxylic acids is 1. The van der Waals surface area contributed by atoms with E-state index in [4.69, 9.17) is 15.7 Å². The average Bonchev–Trinajstić information content (AvgIpc) is 2.46. The highest BCUT2D eigenvalue weighted by Crippen LogP contribution is 2.24. The number of rotatable bonds is 7. The zero-order chi connectivity index (χ0) is 15.0. The van der Waals surface area contributed by atoms with E-state index >= 15 is 0 Å². The van der Waals surface area contributed by atoms with Gasteiger partial charge in [0.1, 0.15) is 5.75 Å². The summed E-state index contributed by atoms with van der Waals surface area (Å²) < 4.78 is 5.44. The monoisotopic (exact) mass is 279 g/mol. The van der Waals surface area contributed by atoms with Crippen molar-refractivity contribution in [1.29, 1.82) is 0 Å². The van der Waals surface area contributed by atoms with Crippen molar-refractivity contribution in [3.05, 3.63) is 24.3 Å². The molecule has 4 N–H and O–H groups in total. The average molecular weight is 279 g/mol. The van der Waals surface area contributed by atoms with E-state index in [9.17, 15) is 4.79 Å². The summed E-state index contributed by atoms with van der Waals surface area (Å²) in [6.45, 7) is 4.31. The van der Waals surface area contributed by atoms with Gasteiger partial charge in [-0.2, -0.15) is 0 Å². The van der Waals surface area contributed by atoms with Gasteiger partial charge in [-0.25, -0.2) is 0 Å². The molecule has 0 spiro atoms. The number of amidine groups is 1. The van der Waals surface area contributed by atoms with E-state index < -0.39 is 5.92 Å². The smallest absolute Gasteiger partial charge is 0.235 e. The van der Waals surface area contributed by atoms with Crippen LogP contribution in [0.3, 0.4) is 0 Å². The molecule has 6 heteroatoms. The van der Waals surface area contributed by atoms with Crippen molar-refractivity contribution in [2.75, 3.05) is 11.9 Å². The van der Waals surface area contributed by atoms with Crippen LogP contribution in [0.5, 0.6) is 5.75 Å². The lowest BCUT2D eigenvalue weighted by Crippen LogP contribution is -2.34. The number of hydrogen-bond donors (Lipinski definition) is 3. The molecule has 20 heavy (non-hydrogen) atoms. The van der Waals surface area contributed by atoms with Crippen molar-refractivity contribution >= 4 is 17.4 Å². The highest BCUT2D eigenvalue weighted by Gasteiger charge is 2.23. The number of ether oxygens (including phenoxy) is 1. The number of hydrogen-bond acceptors (Lipinski definition) is 4. The lowest BCUT2D eigenvalue weighted by atomic mass is 10.0. The summed E-state index contributed by atoms with van der Waals surface area (Å²) in [5, 5.41) is 14.4. The topological polar surface area (TPSA) is 96.9 Å². The van der Waals surface area contributed by atoms with Gasteiger partial charge in [0.15, 0.2) is 5.84 Å². The Bertz CT molecular complexity index is 474. The molecule has 0 aliphatic heterocycles. The van der Waals surface area contributed by atoms with E-state index in [1.807, 2.05) is 19.9 Å². The van der Waals surface area contributed by atoms with E-state index in [1.165, 1.54) is 0 Å². The van der Waals surface area contributed by atoms with Gasteiger partial charge >= 0.3 is 0 Å². The highest BCUT2D eigenvalue weighted by atomic mass is 16.5. The second-order valence-electron chi connectivity index (χ2n) is 4.28. The Balaban J connectivity index is 2.88. The molecule has 0 fully saturated rings. The number of nitrogens with two attached hydrogens (primary N) is 1. The summed E-state index contributed by atoms with van der Waals surface area (Å²) in [6.07, 6.45) is 1.26. The summed E-state index contributed by atoms with van der Waals surface area (Å²) in [7, 11) is 0. The largest absolute Gasteiger partial charge is 0.492 e. The van der Waals surface area contributed by atoms with Gasteiger partial charge in [-0.3, -0.25) is 4.79 Å². The summed E-state index contributed by atoms with van der Waals surface area (Å²) in [5.74, 6) is -0.453. The van der Waals surface area contributed by atoms with Gasteiger partial charge in [-0.15, -0.1) is 0 Å². The third-order valence-electron chi connectivity index (χ3n) is 2.81. The Labute approximate surface area is 118 Å². The fourth-order valence-electron chi connectivity index (χ4n) is 1.84. The maximum absolute atomic E-state index is 12.2. The molecule has 0 saturated carbocycles. The molecule has 1 atom stereocenters. The van der Waals surface area contributed by atoms with Crippen LogP contribution in [-0.4, -0.2) is 23.6 Å². The number of benzene rings is 1. The summed E-state index contributed by atoms with van der Waals surface area (Å²) in [4.78, 5) is 12.2. The number of carbonyl (C=O) groups is 1. The predicted molar refractivity (Wildman–Crippen MR) is 78.0 cm³/mol. The Morgan fingerprint density at radius 2 is 2.15 bits per heavy atom. The fourth-order valence-corrected chi connectivity index (χ4v) is 1.84. The van der Waals surface area contributed by atoms with Crippen molar-refractivity contribution in [1.82, 2.24) is 0 Å². The zero-order valence-electron chi connectivity index (χ0n) is 11.8. The molecule has 0 aromatic heterocycles. The first kappa shape index (κ1) is 15.8. The Morgan fingerprint density at radius 1 is 1.45 bits per heavy atom. The first-order valence-electron chi connectivity index (χ1n) is 6.64. The minimum absolute atomic E-state index is 0.0850. The minimum Gasteiger partial charge on any atom is -0.492 e. The molecule has 0 aliphatic rings. The van der Waals surface area contributed by atoms with Gasteiger partial charge in [0, 0.05) is 0 Å². The fraction of sp³-hybridized carbons (Fsp3) is 0.429. The number of oxime groups is 1. The van der Waals surface area contributed by atoms with E-state index in [0.717, 1.165) is 6.42 Å². The van der Waals surface area contributed by atoms with E-state index in [0.29, 0.717) is 24.5 Å². The van der Waals surface area contributed by atoms with Crippen LogP contribution in [0.2, 0.25) is 0 Å². The summed E-state index contributed by atoms with van der Waals surface area (Å²) >= 11 is 0. The Hall–Kier alpha value is -2.24. The number of para-hydroxylation sites is 2. The molecule has 1 aromatic rings. The third kappa shape index (κ3) is 4.15. The maximum Gasteiger partial charge on any atom is 0.235 e. The first-order valence-corrected chi connectivity index (χ1v) is 6.64. The molecule has 0 heterocycles. The molecule has 1 unspecified atom stereocenters. The second kappa shape index (κ2) is 8.04. The van der Waals surface area contributed by atoms with Crippen LogP contribution in [0.25, 0.3) is 0 Å². The first-order chi connectivity index (χ1) is 9.63. The SMILES string of the molecule is CCCC(C(=O)Nc1ccccc1OCC)C(N)=NO. The van der Waals surface area contributed by atoms with Crippen molar-refractivity contribution < 1.29 is 14.7 Å². The van der Waals surface area contributed by atoms with Crippen LogP contribution in [0, 0.1) is 5.92 Å². The van der Waals surface area contributed by atoms with E-state index in [-0.39, 0.29) is 11.7 Å². The van der Waals surface area contributed by atoms with Gasteiger partial charge in [0.05, 0.1) is 18.2 Å². The molecule has 110 valence electrons. The summed E-state index contributed by atoms with van der Waals surface area (Å²) in [5.41, 5.74) is 6.14.